The Morgan fingerprint density at radius 1 is 1.14 bits per heavy atom. The Labute approximate surface area is 177 Å². The van der Waals surface area contributed by atoms with Gasteiger partial charge in [0, 0.05) is 12.0 Å². The largest absolute Gasteiger partial charge is 0.344 e. The highest BCUT2D eigenvalue weighted by Crippen LogP contribution is 2.27. The molecule has 2 N–H and O–H groups in total. The molecule has 158 valence electrons. The van der Waals surface area contributed by atoms with Crippen molar-refractivity contribution in [3.63, 3.8) is 0 Å². The van der Waals surface area contributed by atoms with Gasteiger partial charge in [0.15, 0.2) is 0 Å². The first kappa shape index (κ1) is 23.0. The zero-order valence-corrected chi connectivity index (χ0v) is 18.6. The summed E-state index contributed by atoms with van der Waals surface area (Å²) in [6, 6.07) is 7.42. The van der Waals surface area contributed by atoms with Gasteiger partial charge < -0.3 is 5.32 Å². The molecular weight excluding hydrogens is 384 g/mol. The van der Waals surface area contributed by atoms with E-state index < -0.39 is 6.04 Å². The number of carbonyl (C=O) groups is 2. The summed E-state index contributed by atoms with van der Waals surface area (Å²) in [7, 11) is 0. The van der Waals surface area contributed by atoms with Crippen LogP contribution in [0.4, 0.5) is 5.13 Å². The smallest absolute Gasteiger partial charge is 0.249 e. The third-order valence-corrected chi connectivity index (χ3v) is 5.88. The van der Waals surface area contributed by atoms with E-state index in [0.717, 1.165) is 48.2 Å². The van der Waals surface area contributed by atoms with Crippen molar-refractivity contribution in [1.82, 2.24) is 15.5 Å². The Morgan fingerprint density at radius 2 is 1.93 bits per heavy atom. The molecule has 0 saturated heterocycles. The number of benzene rings is 1. The van der Waals surface area contributed by atoms with Crippen molar-refractivity contribution >= 4 is 28.3 Å². The maximum atomic E-state index is 12.8. The summed E-state index contributed by atoms with van der Waals surface area (Å²) in [6.45, 7) is 8.15. The van der Waals surface area contributed by atoms with Gasteiger partial charge in [-0.3, -0.25) is 14.9 Å². The number of aryl methyl sites for hydroxylation is 1. The van der Waals surface area contributed by atoms with Crippen LogP contribution in [0.15, 0.2) is 24.3 Å². The molecule has 6 nitrogen and oxygen atoms in total. The minimum atomic E-state index is -0.579. The number of rotatable bonds is 11. The van der Waals surface area contributed by atoms with Crippen molar-refractivity contribution < 1.29 is 9.59 Å². The third-order valence-electron chi connectivity index (χ3n) is 4.99. The summed E-state index contributed by atoms with van der Waals surface area (Å²) in [6.07, 6.45) is 5.39. The van der Waals surface area contributed by atoms with Gasteiger partial charge in [0.25, 0.3) is 0 Å². The monoisotopic (exact) mass is 416 g/mol. The molecule has 0 unspecified atom stereocenters. The van der Waals surface area contributed by atoms with Crippen LogP contribution in [0.3, 0.4) is 0 Å². The molecule has 0 fully saturated rings. The Morgan fingerprint density at radius 3 is 2.62 bits per heavy atom. The van der Waals surface area contributed by atoms with Gasteiger partial charge in [0.1, 0.15) is 11.0 Å². The summed E-state index contributed by atoms with van der Waals surface area (Å²) in [4.78, 5) is 25.1. The van der Waals surface area contributed by atoms with Crippen LogP contribution in [0, 0.1) is 12.8 Å². The van der Waals surface area contributed by atoms with Crippen LogP contribution in [0.5, 0.6) is 0 Å². The van der Waals surface area contributed by atoms with E-state index in [1.807, 2.05) is 45.0 Å². The maximum absolute atomic E-state index is 12.8. The zero-order valence-electron chi connectivity index (χ0n) is 17.8. The molecule has 0 aliphatic rings. The molecule has 0 bridgehead atoms. The van der Waals surface area contributed by atoms with Gasteiger partial charge in [-0.2, -0.15) is 0 Å². The first-order chi connectivity index (χ1) is 13.9. The summed E-state index contributed by atoms with van der Waals surface area (Å²) < 4.78 is 0. The van der Waals surface area contributed by atoms with Crippen molar-refractivity contribution in [1.29, 1.82) is 0 Å². The molecule has 1 heterocycles. The summed E-state index contributed by atoms with van der Waals surface area (Å²) >= 11 is 1.33. The molecule has 0 saturated carbocycles. The lowest BCUT2D eigenvalue weighted by Gasteiger charge is -2.23. The van der Waals surface area contributed by atoms with E-state index >= 15 is 0 Å². The number of carbonyl (C=O) groups excluding carboxylic acids is 2. The molecule has 2 amide bonds. The maximum Gasteiger partial charge on any atom is 0.249 e. The fourth-order valence-corrected chi connectivity index (χ4v) is 3.75. The minimum absolute atomic E-state index is 0.0266. The second-order valence-electron chi connectivity index (χ2n) is 7.51. The van der Waals surface area contributed by atoms with E-state index in [1.165, 1.54) is 11.3 Å². The fraction of sp³-hybridized carbons (Fsp3) is 0.545. The van der Waals surface area contributed by atoms with Crippen molar-refractivity contribution in [3.8, 4) is 10.6 Å². The van der Waals surface area contributed by atoms with Crippen LogP contribution in [0.25, 0.3) is 10.6 Å². The molecule has 2 rings (SSSR count). The molecule has 0 spiro atoms. The summed E-state index contributed by atoms with van der Waals surface area (Å²) in [5.74, 6) is -0.286. The van der Waals surface area contributed by atoms with E-state index in [1.54, 1.807) is 0 Å². The van der Waals surface area contributed by atoms with Gasteiger partial charge in [-0.25, -0.2) is 0 Å². The number of nitrogens with zero attached hydrogens (tertiary/aromatic N) is 2. The molecule has 0 aliphatic heterocycles. The fourth-order valence-electron chi connectivity index (χ4n) is 3.01. The van der Waals surface area contributed by atoms with Crippen molar-refractivity contribution in [2.45, 2.75) is 72.3 Å². The molecule has 0 aliphatic carbocycles. The standard InChI is InChI=1S/C22H32N4O2S/c1-5-7-8-9-13-18(27)23-19(16(4)6-2)20(28)24-22-26-25-21(29-22)17-12-10-11-15(3)14-17/h10-12,14,16,19H,5-9,13H2,1-4H3,(H,23,27)(H,24,26,28)/t16-,19-/m0/s1. The first-order valence-electron chi connectivity index (χ1n) is 10.4. The van der Waals surface area contributed by atoms with Crippen molar-refractivity contribution in [2.75, 3.05) is 5.32 Å². The molecule has 7 heteroatoms. The quantitative estimate of drug-likeness (QED) is 0.508. The van der Waals surface area contributed by atoms with Crippen LogP contribution in [0.2, 0.25) is 0 Å². The van der Waals surface area contributed by atoms with Crippen LogP contribution in [0.1, 0.15) is 64.9 Å². The zero-order chi connectivity index (χ0) is 21.2. The van der Waals surface area contributed by atoms with Gasteiger partial charge in [0.05, 0.1) is 0 Å². The van der Waals surface area contributed by atoms with E-state index in [0.29, 0.717) is 11.6 Å². The Balaban J connectivity index is 2.00. The lowest BCUT2D eigenvalue weighted by atomic mass is 9.98. The van der Waals surface area contributed by atoms with Gasteiger partial charge in [0.2, 0.25) is 16.9 Å². The molecule has 1 aromatic heterocycles. The number of amides is 2. The second-order valence-corrected chi connectivity index (χ2v) is 8.49. The van der Waals surface area contributed by atoms with E-state index in [9.17, 15) is 9.59 Å². The molecular formula is C22H32N4O2S. The third kappa shape index (κ3) is 7.24. The predicted octanol–water partition coefficient (Wildman–Crippen LogP) is 4.95. The normalized spacial score (nSPS) is 13.0. The number of anilines is 1. The molecule has 1 aromatic carbocycles. The van der Waals surface area contributed by atoms with E-state index in [4.69, 9.17) is 0 Å². The van der Waals surface area contributed by atoms with Crippen molar-refractivity contribution in [3.05, 3.63) is 29.8 Å². The van der Waals surface area contributed by atoms with Crippen molar-refractivity contribution in [2.24, 2.45) is 5.92 Å². The number of aromatic nitrogens is 2. The lowest BCUT2D eigenvalue weighted by Crippen LogP contribution is -2.47. The molecule has 0 radical (unpaired) electrons. The van der Waals surface area contributed by atoms with E-state index in [-0.39, 0.29) is 17.7 Å². The van der Waals surface area contributed by atoms with E-state index in [2.05, 4.69) is 27.8 Å². The number of hydrogen-bond donors (Lipinski definition) is 2. The van der Waals surface area contributed by atoms with Crippen LogP contribution >= 0.6 is 11.3 Å². The number of nitrogens with one attached hydrogen (secondary N) is 2. The van der Waals surface area contributed by atoms with Gasteiger partial charge in [-0.1, -0.05) is 81.6 Å². The minimum Gasteiger partial charge on any atom is -0.344 e. The highest BCUT2D eigenvalue weighted by Gasteiger charge is 2.26. The topological polar surface area (TPSA) is 84.0 Å². The summed E-state index contributed by atoms with van der Waals surface area (Å²) in [5.41, 5.74) is 2.11. The second kappa shape index (κ2) is 11.7. The predicted molar refractivity (Wildman–Crippen MR) is 119 cm³/mol. The Bertz CT molecular complexity index is 806. The highest BCUT2D eigenvalue weighted by atomic mass is 32.1. The Hall–Kier alpha value is -2.28. The van der Waals surface area contributed by atoms with Crippen LogP contribution in [-0.2, 0) is 9.59 Å². The molecule has 2 atom stereocenters. The van der Waals surface area contributed by atoms with Gasteiger partial charge in [-0.15, -0.1) is 10.2 Å². The molecule has 2 aromatic rings. The first-order valence-corrected chi connectivity index (χ1v) is 11.3. The number of unbranched alkanes of at least 4 members (excludes halogenated alkanes) is 3. The van der Waals surface area contributed by atoms with Crippen LogP contribution in [-0.4, -0.2) is 28.1 Å². The van der Waals surface area contributed by atoms with Gasteiger partial charge in [-0.05, 0) is 25.3 Å². The average molecular weight is 417 g/mol. The van der Waals surface area contributed by atoms with Crippen LogP contribution < -0.4 is 10.6 Å². The number of hydrogen-bond acceptors (Lipinski definition) is 5. The lowest BCUT2D eigenvalue weighted by molar-refractivity contribution is -0.127. The highest BCUT2D eigenvalue weighted by molar-refractivity contribution is 7.18. The van der Waals surface area contributed by atoms with Gasteiger partial charge >= 0.3 is 0 Å². The summed E-state index contributed by atoms with van der Waals surface area (Å²) in [5, 5.41) is 15.2. The Kier molecular flexibility index (Phi) is 9.25. The SMILES string of the molecule is CCCCCCC(=O)N[C@H](C(=O)Nc1nnc(-c2cccc(C)c2)s1)[C@@H](C)CC. The molecule has 29 heavy (non-hydrogen) atoms. The average Bonchev–Trinajstić information content (AvgIpc) is 3.17.